The van der Waals surface area contributed by atoms with Crippen molar-refractivity contribution in [3.05, 3.63) is 109 Å². The van der Waals surface area contributed by atoms with Gasteiger partial charge in [-0.3, -0.25) is 0 Å². The molecule has 1 nitrogen and oxygen atoms in total. The molecular weight excluding hydrogens is 412 g/mol. The smallest absolute Gasteiger partial charge is 0.143 e. The van der Waals surface area contributed by atoms with Gasteiger partial charge in [0.25, 0.3) is 0 Å². The molecule has 0 amide bonds. The first-order chi connectivity index (χ1) is 16.7. The number of para-hydroxylation sites is 2. The fourth-order valence-corrected chi connectivity index (χ4v) is 5.48. The molecule has 0 aliphatic heterocycles. The summed E-state index contributed by atoms with van der Waals surface area (Å²) in [4.78, 5) is 0. The van der Waals surface area contributed by atoms with Gasteiger partial charge in [0, 0.05) is 16.3 Å². The quantitative estimate of drug-likeness (QED) is 0.246. The Morgan fingerprint density at radius 3 is 1.88 bits per heavy atom. The van der Waals surface area contributed by atoms with Crippen LogP contribution in [0.25, 0.3) is 65.4 Å². The van der Waals surface area contributed by atoms with Gasteiger partial charge in [0.1, 0.15) is 11.2 Å². The maximum absolute atomic E-state index is 6.34. The monoisotopic (exact) mass is 436 g/mol. The van der Waals surface area contributed by atoms with E-state index in [1.807, 2.05) is 12.1 Å². The molecular formula is C33H24O. The molecule has 6 aromatic carbocycles. The highest BCUT2D eigenvalue weighted by Crippen LogP contribution is 2.40. The second kappa shape index (κ2) is 7.20. The molecule has 0 aliphatic carbocycles. The molecule has 1 heterocycles. The average molecular weight is 437 g/mol. The highest BCUT2D eigenvalue weighted by Gasteiger charge is 2.14. The lowest BCUT2D eigenvalue weighted by molar-refractivity contribution is 0.670. The Kier molecular flexibility index (Phi) is 4.10. The molecule has 0 atom stereocenters. The summed E-state index contributed by atoms with van der Waals surface area (Å²) in [5.74, 6) is 0.505. The van der Waals surface area contributed by atoms with Crippen molar-refractivity contribution in [2.45, 2.75) is 19.8 Å². The maximum Gasteiger partial charge on any atom is 0.143 e. The maximum atomic E-state index is 6.34. The van der Waals surface area contributed by atoms with Crippen LogP contribution in [0.4, 0.5) is 0 Å². The number of hydrogen-bond acceptors (Lipinski definition) is 1. The van der Waals surface area contributed by atoms with Crippen LogP contribution in [0, 0.1) is 0 Å². The Morgan fingerprint density at radius 1 is 0.500 bits per heavy atom. The predicted octanol–water partition coefficient (Wildman–Crippen LogP) is 9.84. The molecule has 34 heavy (non-hydrogen) atoms. The van der Waals surface area contributed by atoms with Gasteiger partial charge in [0.05, 0.1) is 0 Å². The summed E-state index contributed by atoms with van der Waals surface area (Å²) in [7, 11) is 0. The predicted molar refractivity (Wildman–Crippen MR) is 146 cm³/mol. The van der Waals surface area contributed by atoms with Gasteiger partial charge >= 0.3 is 0 Å². The summed E-state index contributed by atoms with van der Waals surface area (Å²) < 4.78 is 6.34. The largest absolute Gasteiger partial charge is 0.455 e. The first-order valence-corrected chi connectivity index (χ1v) is 12.0. The van der Waals surface area contributed by atoms with Gasteiger partial charge in [-0.05, 0) is 61.5 Å². The minimum Gasteiger partial charge on any atom is -0.455 e. The van der Waals surface area contributed by atoms with E-state index in [9.17, 15) is 0 Å². The van der Waals surface area contributed by atoms with E-state index in [1.54, 1.807) is 0 Å². The van der Waals surface area contributed by atoms with Crippen LogP contribution in [0.1, 0.15) is 25.3 Å². The fourth-order valence-electron chi connectivity index (χ4n) is 5.48. The van der Waals surface area contributed by atoms with Crippen LogP contribution in [0.3, 0.4) is 0 Å². The Balaban J connectivity index is 1.56. The molecule has 0 fully saturated rings. The first-order valence-electron chi connectivity index (χ1n) is 12.0. The summed E-state index contributed by atoms with van der Waals surface area (Å²) in [5.41, 5.74) is 5.58. The molecule has 0 unspecified atom stereocenters. The van der Waals surface area contributed by atoms with Crippen molar-refractivity contribution in [1.29, 1.82) is 0 Å². The minimum absolute atomic E-state index is 0.505. The van der Waals surface area contributed by atoms with Gasteiger partial charge in [-0.15, -0.1) is 0 Å². The Morgan fingerprint density at radius 2 is 1.12 bits per heavy atom. The van der Waals surface area contributed by atoms with Crippen LogP contribution in [-0.2, 0) is 0 Å². The van der Waals surface area contributed by atoms with E-state index >= 15 is 0 Å². The summed E-state index contributed by atoms with van der Waals surface area (Å²) in [5, 5.41) is 10.2. The van der Waals surface area contributed by atoms with Crippen LogP contribution >= 0.6 is 0 Å². The zero-order valence-corrected chi connectivity index (χ0v) is 19.3. The van der Waals surface area contributed by atoms with Crippen molar-refractivity contribution in [2.75, 3.05) is 0 Å². The van der Waals surface area contributed by atoms with Gasteiger partial charge in [-0.2, -0.15) is 0 Å². The van der Waals surface area contributed by atoms with Crippen LogP contribution in [0.2, 0.25) is 0 Å². The van der Waals surface area contributed by atoms with Crippen LogP contribution in [0.5, 0.6) is 0 Å². The molecule has 0 spiro atoms. The molecule has 162 valence electrons. The fraction of sp³-hybridized carbons (Fsp3) is 0.0909. The van der Waals surface area contributed by atoms with Crippen molar-refractivity contribution < 1.29 is 4.42 Å². The van der Waals surface area contributed by atoms with Crippen LogP contribution < -0.4 is 0 Å². The molecule has 0 aliphatic rings. The third kappa shape index (κ3) is 2.74. The van der Waals surface area contributed by atoms with Gasteiger partial charge in [-0.25, -0.2) is 0 Å². The average Bonchev–Trinajstić information content (AvgIpc) is 3.27. The van der Waals surface area contributed by atoms with Crippen molar-refractivity contribution in [2.24, 2.45) is 0 Å². The third-order valence-corrected chi connectivity index (χ3v) is 7.24. The zero-order valence-electron chi connectivity index (χ0n) is 19.3. The van der Waals surface area contributed by atoms with Gasteiger partial charge in [0.2, 0.25) is 0 Å². The number of hydrogen-bond donors (Lipinski definition) is 0. The summed E-state index contributed by atoms with van der Waals surface area (Å²) in [6.07, 6.45) is 0. The van der Waals surface area contributed by atoms with E-state index < -0.39 is 0 Å². The topological polar surface area (TPSA) is 13.1 Å². The van der Waals surface area contributed by atoms with Crippen molar-refractivity contribution in [3.63, 3.8) is 0 Å². The molecule has 1 aromatic heterocycles. The molecule has 0 saturated heterocycles. The van der Waals surface area contributed by atoms with Crippen molar-refractivity contribution >= 4 is 54.3 Å². The van der Waals surface area contributed by atoms with Gasteiger partial charge < -0.3 is 4.42 Å². The van der Waals surface area contributed by atoms with Gasteiger partial charge in [0.15, 0.2) is 0 Å². The molecule has 0 radical (unpaired) electrons. The van der Waals surface area contributed by atoms with Crippen molar-refractivity contribution in [3.8, 4) is 11.1 Å². The molecule has 7 aromatic rings. The second-order valence-electron chi connectivity index (χ2n) is 9.55. The second-order valence-corrected chi connectivity index (χ2v) is 9.55. The summed E-state index contributed by atoms with van der Waals surface area (Å²) in [6, 6.07) is 37.4. The van der Waals surface area contributed by atoms with E-state index in [-0.39, 0.29) is 0 Å². The number of rotatable bonds is 2. The number of furan rings is 1. The van der Waals surface area contributed by atoms with Gasteiger partial charge in [-0.1, -0.05) is 105 Å². The lowest BCUT2D eigenvalue weighted by Gasteiger charge is -2.14. The molecule has 0 N–H and O–H groups in total. The normalized spacial score (nSPS) is 12.1. The SMILES string of the molecule is CC(C)c1ccc2c3ccc(-c4cccc5c4oc4ccccc45)cc3c3ccccc3c2c1. The van der Waals surface area contributed by atoms with E-state index in [2.05, 4.69) is 105 Å². The van der Waals surface area contributed by atoms with Crippen LogP contribution in [-0.4, -0.2) is 0 Å². The minimum atomic E-state index is 0.505. The Labute approximate surface area is 198 Å². The van der Waals surface area contributed by atoms with Crippen LogP contribution in [0.15, 0.2) is 108 Å². The standard InChI is InChI=1S/C33H24O/c1-20(2)21-14-16-26-27-17-15-22(19-31(27)25-9-4-3-8-24(25)30(26)18-21)23-11-7-12-29-28-10-5-6-13-32(28)34-33(23)29/h3-20H,1-2H3. The van der Waals surface area contributed by atoms with E-state index in [0.29, 0.717) is 5.92 Å². The Hall–Kier alpha value is -4.10. The first kappa shape index (κ1) is 19.4. The van der Waals surface area contributed by atoms with Crippen molar-refractivity contribution in [1.82, 2.24) is 0 Å². The summed E-state index contributed by atoms with van der Waals surface area (Å²) >= 11 is 0. The molecule has 7 rings (SSSR count). The van der Waals surface area contributed by atoms with E-state index in [1.165, 1.54) is 43.4 Å². The highest BCUT2D eigenvalue weighted by atomic mass is 16.3. The van der Waals surface area contributed by atoms with E-state index in [0.717, 1.165) is 27.5 Å². The molecule has 0 saturated carbocycles. The lowest BCUT2D eigenvalue weighted by Crippen LogP contribution is -1.89. The lowest BCUT2D eigenvalue weighted by atomic mass is 9.90. The number of benzene rings is 6. The third-order valence-electron chi connectivity index (χ3n) is 7.24. The zero-order chi connectivity index (χ0) is 22.8. The summed E-state index contributed by atoms with van der Waals surface area (Å²) in [6.45, 7) is 4.52. The molecule has 1 heteroatoms. The highest BCUT2D eigenvalue weighted by molar-refractivity contribution is 6.26. The van der Waals surface area contributed by atoms with E-state index in [4.69, 9.17) is 4.42 Å². The number of fused-ring (bicyclic) bond motifs is 9. The Bertz CT molecular complexity index is 1860. The molecule has 0 bridgehead atoms.